The van der Waals surface area contributed by atoms with Gasteiger partial charge in [0.15, 0.2) is 0 Å². The molecule has 0 spiro atoms. The summed E-state index contributed by atoms with van der Waals surface area (Å²) in [5.41, 5.74) is 5.80. The molecule has 1 unspecified atom stereocenters. The summed E-state index contributed by atoms with van der Waals surface area (Å²) in [5, 5.41) is 5.51. The van der Waals surface area contributed by atoms with E-state index in [9.17, 15) is 9.59 Å². The van der Waals surface area contributed by atoms with Crippen LogP contribution in [-0.2, 0) is 16.1 Å². The van der Waals surface area contributed by atoms with Crippen LogP contribution in [-0.4, -0.2) is 30.2 Å². The standard InChI is InChI=1S/C18H29N3O3/c1-4-5-11-15(21-17(23)24-18(2,3)13-19)16(22)20-12-14-9-7-6-8-10-14/h6-10,15H,4-5,11-13,19H2,1-3H3,(H,20,22)(H,21,23). The summed E-state index contributed by atoms with van der Waals surface area (Å²) in [7, 11) is 0. The number of carbonyl (C=O) groups is 2. The Balaban J connectivity index is 2.59. The maximum atomic E-state index is 12.4. The van der Waals surface area contributed by atoms with Gasteiger partial charge in [-0.15, -0.1) is 0 Å². The number of hydrogen-bond acceptors (Lipinski definition) is 4. The van der Waals surface area contributed by atoms with Gasteiger partial charge < -0.3 is 21.1 Å². The van der Waals surface area contributed by atoms with Gasteiger partial charge in [0.2, 0.25) is 5.91 Å². The number of carbonyl (C=O) groups excluding carboxylic acids is 2. The first-order valence-corrected chi connectivity index (χ1v) is 8.39. The van der Waals surface area contributed by atoms with Crippen molar-refractivity contribution in [3.63, 3.8) is 0 Å². The summed E-state index contributed by atoms with van der Waals surface area (Å²) in [6.45, 7) is 6.12. The van der Waals surface area contributed by atoms with Crippen LogP contribution in [0.5, 0.6) is 0 Å². The van der Waals surface area contributed by atoms with Crippen molar-refractivity contribution in [3.05, 3.63) is 35.9 Å². The number of rotatable bonds is 9. The summed E-state index contributed by atoms with van der Waals surface area (Å²) in [6, 6.07) is 9.02. The Hall–Kier alpha value is -2.08. The molecule has 6 nitrogen and oxygen atoms in total. The van der Waals surface area contributed by atoms with Crippen molar-refractivity contribution in [2.24, 2.45) is 5.73 Å². The highest BCUT2D eigenvalue weighted by Crippen LogP contribution is 2.08. The number of alkyl carbamates (subject to hydrolysis) is 1. The fourth-order valence-electron chi connectivity index (χ4n) is 2.05. The maximum absolute atomic E-state index is 12.4. The first-order chi connectivity index (χ1) is 11.4. The van der Waals surface area contributed by atoms with Gasteiger partial charge in [-0.2, -0.15) is 0 Å². The first-order valence-electron chi connectivity index (χ1n) is 8.39. The van der Waals surface area contributed by atoms with Gasteiger partial charge in [-0.3, -0.25) is 4.79 Å². The van der Waals surface area contributed by atoms with Crippen molar-refractivity contribution in [2.45, 2.75) is 58.2 Å². The van der Waals surface area contributed by atoms with Crippen molar-refractivity contribution in [3.8, 4) is 0 Å². The molecule has 1 atom stereocenters. The summed E-state index contributed by atoms with van der Waals surface area (Å²) in [5.74, 6) is -0.213. The average molecular weight is 335 g/mol. The highest BCUT2D eigenvalue weighted by Gasteiger charge is 2.25. The predicted octanol–water partition coefficient (Wildman–Crippen LogP) is 2.33. The molecule has 1 rings (SSSR count). The topological polar surface area (TPSA) is 93.4 Å². The third kappa shape index (κ3) is 7.46. The molecule has 0 aromatic heterocycles. The summed E-state index contributed by atoms with van der Waals surface area (Å²) >= 11 is 0. The second-order valence-corrected chi connectivity index (χ2v) is 6.40. The van der Waals surface area contributed by atoms with Crippen LogP contribution in [0.15, 0.2) is 30.3 Å². The Morgan fingerprint density at radius 3 is 2.50 bits per heavy atom. The normalized spacial score (nSPS) is 12.3. The number of hydrogen-bond donors (Lipinski definition) is 3. The van der Waals surface area contributed by atoms with Crippen molar-refractivity contribution in [1.29, 1.82) is 0 Å². The molecule has 0 radical (unpaired) electrons. The van der Waals surface area contributed by atoms with Gasteiger partial charge in [-0.25, -0.2) is 4.79 Å². The highest BCUT2D eigenvalue weighted by atomic mass is 16.6. The highest BCUT2D eigenvalue weighted by molar-refractivity contribution is 5.85. The SMILES string of the molecule is CCCCC(NC(=O)OC(C)(C)CN)C(=O)NCc1ccccc1. The number of nitrogens with one attached hydrogen (secondary N) is 2. The van der Waals surface area contributed by atoms with E-state index in [-0.39, 0.29) is 12.5 Å². The van der Waals surface area contributed by atoms with Gasteiger partial charge in [0.25, 0.3) is 0 Å². The summed E-state index contributed by atoms with van der Waals surface area (Å²) in [4.78, 5) is 24.4. The van der Waals surface area contributed by atoms with Crippen molar-refractivity contribution >= 4 is 12.0 Å². The number of nitrogens with two attached hydrogens (primary N) is 1. The van der Waals surface area contributed by atoms with Gasteiger partial charge in [-0.1, -0.05) is 50.1 Å². The van der Waals surface area contributed by atoms with Crippen molar-refractivity contribution < 1.29 is 14.3 Å². The van der Waals surface area contributed by atoms with E-state index in [2.05, 4.69) is 10.6 Å². The van der Waals surface area contributed by atoms with Gasteiger partial charge >= 0.3 is 6.09 Å². The predicted molar refractivity (Wildman–Crippen MR) is 94.4 cm³/mol. The molecular weight excluding hydrogens is 306 g/mol. The number of amides is 2. The monoisotopic (exact) mass is 335 g/mol. The minimum Gasteiger partial charge on any atom is -0.442 e. The summed E-state index contributed by atoms with van der Waals surface area (Å²) in [6.07, 6.45) is 1.72. The van der Waals surface area contributed by atoms with E-state index < -0.39 is 17.7 Å². The van der Waals surface area contributed by atoms with Gasteiger partial charge in [-0.05, 0) is 25.8 Å². The Bertz CT molecular complexity index is 518. The van der Waals surface area contributed by atoms with Crippen LogP contribution in [0.25, 0.3) is 0 Å². The van der Waals surface area contributed by atoms with Gasteiger partial charge in [0.1, 0.15) is 11.6 Å². The second kappa shape index (κ2) is 9.93. The van der Waals surface area contributed by atoms with E-state index in [0.29, 0.717) is 13.0 Å². The Labute approximate surface area is 144 Å². The van der Waals surface area contributed by atoms with Crippen LogP contribution in [0, 0.1) is 0 Å². The van der Waals surface area contributed by atoms with E-state index in [1.165, 1.54) is 0 Å². The molecule has 0 bridgehead atoms. The van der Waals surface area contributed by atoms with Gasteiger partial charge in [0.05, 0.1) is 0 Å². The maximum Gasteiger partial charge on any atom is 0.408 e. The van der Waals surface area contributed by atoms with E-state index in [0.717, 1.165) is 18.4 Å². The molecule has 0 fully saturated rings. The molecule has 0 aliphatic heterocycles. The number of benzene rings is 1. The smallest absolute Gasteiger partial charge is 0.408 e. The molecule has 0 aliphatic carbocycles. The van der Waals surface area contributed by atoms with Gasteiger partial charge in [0, 0.05) is 13.1 Å². The average Bonchev–Trinajstić information content (AvgIpc) is 2.57. The Morgan fingerprint density at radius 2 is 1.92 bits per heavy atom. The minimum atomic E-state index is -0.764. The van der Waals surface area contributed by atoms with E-state index in [1.807, 2.05) is 37.3 Å². The molecule has 0 aliphatic rings. The fourth-order valence-corrected chi connectivity index (χ4v) is 2.05. The minimum absolute atomic E-state index is 0.209. The molecule has 24 heavy (non-hydrogen) atoms. The van der Waals surface area contributed by atoms with Crippen LogP contribution in [0.4, 0.5) is 4.79 Å². The fraction of sp³-hybridized carbons (Fsp3) is 0.556. The third-order valence-corrected chi connectivity index (χ3v) is 3.63. The van der Waals surface area contributed by atoms with Crippen LogP contribution in [0.1, 0.15) is 45.6 Å². The van der Waals surface area contributed by atoms with Crippen LogP contribution < -0.4 is 16.4 Å². The molecule has 2 amide bonds. The lowest BCUT2D eigenvalue weighted by atomic mass is 10.1. The quantitative estimate of drug-likeness (QED) is 0.645. The molecule has 1 aromatic carbocycles. The lowest BCUT2D eigenvalue weighted by Crippen LogP contribution is -2.49. The molecular formula is C18H29N3O3. The third-order valence-electron chi connectivity index (χ3n) is 3.63. The van der Waals surface area contributed by atoms with E-state index >= 15 is 0 Å². The lowest BCUT2D eigenvalue weighted by Gasteiger charge is -2.25. The molecule has 0 saturated carbocycles. The number of unbranched alkanes of at least 4 members (excludes halogenated alkanes) is 1. The van der Waals surface area contributed by atoms with Crippen LogP contribution in [0.2, 0.25) is 0 Å². The zero-order valence-corrected chi connectivity index (χ0v) is 14.8. The van der Waals surface area contributed by atoms with E-state index in [4.69, 9.17) is 10.5 Å². The first kappa shape index (κ1) is 20.0. The molecule has 134 valence electrons. The molecule has 0 saturated heterocycles. The lowest BCUT2D eigenvalue weighted by molar-refractivity contribution is -0.123. The number of ether oxygens (including phenoxy) is 1. The molecule has 4 N–H and O–H groups in total. The van der Waals surface area contributed by atoms with Crippen LogP contribution >= 0.6 is 0 Å². The molecule has 0 heterocycles. The molecule has 6 heteroatoms. The molecule has 1 aromatic rings. The summed E-state index contributed by atoms with van der Waals surface area (Å²) < 4.78 is 5.26. The zero-order chi connectivity index (χ0) is 18.0. The van der Waals surface area contributed by atoms with E-state index in [1.54, 1.807) is 13.8 Å². The van der Waals surface area contributed by atoms with Crippen molar-refractivity contribution in [1.82, 2.24) is 10.6 Å². The van der Waals surface area contributed by atoms with Crippen molar-refractivity contribution in [2.75, 3.05) is 6.54 Å². The Kier molecular flexibility index (Phi) is 8.26. The van der Waals surface area contributed by atoms with Crippen LogP contribution in [0.3, 0.4) is 0 Å². The zero-order valence-electron chi connectivity index (χ0n) is 14.8. The largest absolute Gasteiger partial charge is 0.442 e. The second-order valence-electron chi connectivity index (χ2n) is 6.40. The Morgan fingerprint density at radius 1 is 1.25 bits per heavy atom.